The van der Waals surface area contributed by atoms with Crippen molar-refractivity contribution >= 4 is 29.3 Å². The molecular formula is C27H31N5O4S. The zero-order valence-corrected chi connectivity index (χ0v) is 21.8. The number of nitrogens with one attached hydrogen (secondary N) is 1. The van der Waals surface area contributed by atoms with Gasteiger partial charge < -0.3 is 30.2 Å². The van der Waals surface area contributed by atoms with Crippen LogP contribution in [0.15, 0.2) is 53.7 Å². The van der Waals surface area contributed by atoms with E-state index < -0.39 is 0 Å². The molecule has 1 saturated heterocycles. The fourth-order valence-electron chi connectivity index (χ4n) is 4.68. The Labute approximate surface area is 220 Å². The number of nitrogens with two attached hydrogens (primary N) is 1. The second kappa shape index (κ2) is 11.3. The van der Waals surface area contributed by atoms with Crippen molar-refractivity contribution in [1.29, 1.82) is 0 Å². The number of benzene rings is 2. The predicted octanol–water partition coefficient (Wildman–Crippen LogP) is 3.81. The topological polar surface area (TPSA) is 112 Å². The standard InChI is InChI=1S/C27H31N5O4S/c1-34-22-8-6-17-7-9-26(33)29-20-15-32(25-14-24(28)30-27(31-25)37-2)11-10-21(20)35-16-18-4-3-5-19(12-18)36-23(22)13-17/h3-6,8,12-14,20-21H,7,9-11,15-16H2,1-2H3,(H,29,33)(H2,28,30,31)/t20-,21+/m0/s1. The van der Waals surface area contributed by atoms with Gasteiger partial charge in [0.25, 0.3) is 0 Å². The highest BCUT2D eigenvalue weighted by molar-refractivity contribution is 7.98. The molecule has 5 rings (SSSR count). The molecule has 4 bridgehead atoms. The Bertz CT molecular complexity index is 1270. The van der Waals surface area contributed by atoms with Crippen molar-refractivity contribution in [2.24, 2.45) is 0 Å². The third-order valence-corrected chi connectivity index (χ3v) is 7.12. The summed E-state index contributed by atoms with van der Waals surface area (Å²) in [6, 6.07) is 15.2. The first-order valence-corrected chi connectivity index (χ1v) is 13.5. The van der Waals surface area contributed by atoms with Crippen LogP contribution >= 0.6 is 11.8 Å². The van der Waals surface area contributed by atoms with Crippen LogP contribution in [0.1, 0.15) is 24.0 Å². The summed E-state index contributed by atoms with van der Waals surface area (Å²) >= 11 is 1.45. The number of carbonyl (C=O) groups is 1. The highest BCUT2D eigenvalue weighted by Gasteiger charge is 2.32. The van der Waals surface area contributed by atoms with Gasteiger partial charge in [-0.15, -0.1) is 0 Å². The molecule has 3 N–H and O–H groups in total. The largest absolute Gasteiger partial charge is 0.493 e. The number of hydrogen-bond acceptors (Lipinski definition) is 9. The molecule has 10 heteroatoms. The van der Waals surface area contributed by atoms with E-state index in [0.717, 1.165) is 29.9 Å². The molecule has 0 aliphatic carbocycles. The van der Waals surface area contributed by atoms with E-state index in [2.05, 4.69) is 20.2 Å². The first-order chi connectivity index (χ1) is 18.0. The van der Waals surface area contributed by atoms with Gasteiger partial charge in [0, 0.05) is 25.6 Å². The van der Waals surface area contributed by atoms with Crippen molar-refractivity contribution < 1.29 is 19.0 Å². The summed E-state index contributed by atoms with van der Waals surface area (Å²) in [6.45, 7) is 1.70. The number of nitrogen functional groups attached to an aromatic ring is 1. The average molecular weight is 522 g/mol. The van der Waals surface area contributed by atoms with E-state index in [9.17, 15) is 4.79 Å². The summed E-state index contributed by atoms with van der Waals surface area (Å²) in [5.74, 6) is 3.13. The van der Waals surface area contributed by atoms with Gasteiger partial charge in [-0.05, 0) is 54.5 Å². The third-order valence-electron chi connectivity index (χ3n) is 6.57. The number of rotatable bonds is 3. The average Bonchev–Trinajstić information content (AvgIpc) is 2.91. The van der Waals surface area contributed by atoms with Crippen LogP contribution in [0.5, 0.6) is 17.2 Å². The predicted molar refractivity (Wildman–Crippen MR) is 143 cm³/mol. The zero-order chi connectivity index (χ0) is 25.8. The number of aromatic nitrogens is 2. The van der Waals surface area contributed by atoms with Crippen LogP contribution in [-0.4, -0.2) is 54.5 Å². The molecule has 0 saturated carbocycles. The lowest BCUT2D eigenvalue weighted by Crippen LogP contribution is -2.56. The fraction of sp³-hybridized carbons (Fsp3) is 0.370. The number of fused-ring (bicyclic) bond motifs is 5. The van der Waals surface area contributed by atoms with E-state index in [1.54, 1.807) is 13.2 Å². The maximum absolute atomic E-state index is 13.1. The minimum atomic E-state index is -0.203. The van der Waals surface area contributed by atoms with Crippen LogP contribution in [0.3, 0.4) is 0 Å². The molecule has 1 amide bonds. The molecule has 0 radical (unpaired) electrons. The molecule has 3 aromatic rings. The maximum Gasteiger partial charge on any atom is 0.220 e. The summed E-state index contributed by atoms with van der Waals surface area (Å²) in [5, 5.41) is 3.85. The quantitative estimate of drug-likeness (QED) is 0.392. The van der Waals surface area contributed by atoms with Gasteiger partial charge in [0.05, 0.1) is 25.9 Å². The smallest absolute Gasteiger partial charge is 0.220 e. The monoisotopic (exact) mass is 521 g/mol. The summed E-state index contributed by atoms with van der Waals surface area (Å²) in [7, 11) is 1.62. The lowest BCUT2D eigenvalue weighted by molar-refractivity contribution is -0.123. The van der Waals surface area contributed by atoms with E-state index in [-0.39, 0.29) is 18.1 Å². The number of amides is 1. The summed E-state index contributed by atoms with van der Waals surface area (Å²) in [6.07, 6.45) is 3.44. The van der Waals surface area contributed by atoms with Crippen molar-refractivity contribution in [2.75, 3.05) is 37.1 Å². The van der Waals surface area contributed by atoms with Gasteiger partial charge in [-0.3, -0.25) is 4.79 Å². The summed E-state index contributed by atoms with van der Waals surface area (Å²) in [5.41, 5.74) is 8.01. The first kappa shape index (κ1) is 25.2. The molecule has 2 aliphatic rings. The summed E-state index contributed by atoms with van der Waals surface area (Å²) < 4.78 is 18.0. The normalized spacial score (nSPS) is 20.1. The minimum Gasteiger partial charge on any atom is -0.493 e. The molecule has 2 aromatic carbocycles. The van der Waals surface area contributed by atoms with Crippen LogP contribution in [-0.2, 0) is 22.6 Å². The van der Waals surface area contributed by atoms with Crippen molar-refractivity contribution in [2.45, 2.75) is 43.2 Å². The van der Waals surface area contributed by atoms with E-state index >= 15 is 0 Å². The Balaban J connectivity index is 1.41. The van der Waals surface area contributed by atoms with Gasteiger partial charge in [-0.1, -0.05) is 30.0 Å². The SMILES string of the molecule is COc1ccc2cc1Oc1cccc(c1)CO[C@@H]1CCN(c3cc(N)nc(SC)n3)C[C@@H]1NC(=O)CC2. The fourth-order valence-corrected chi connectivity index (χ4v) is 5.06. The first-order valence-electron chi connectivity index (χ1n) is 12.3. The second-order valence-electron chi connectivity index (χ2n) is 9.13. The molecule has 2 aliphatic heterocycles. The molecule has 2 atom stereocenters. The Morgan fingerprint density at radius 3 is 2.86 bits per heavy atom. The summed E-state index contributed by atoms with van der Waals surface area (Å²) in [4.78, 5) is 24.1. The lowest BCUT2D eigenvalue weighted by Gasteiger charge is -2.39. The number of hydrogen-bond donors (Lipinski definition) is 2. The van der Waals surface area contributed by atoms with Crippen molar-refractivity contribution in [3.63, 3.8) is 0 Å². The van der Waals surface area contributed by atoms with Crippen LogP contribution in [0.4, 0.5) is 11.6 Å². The number of methoxy groups -OCH3 is 1. The van der Waals surface area contributed by atoms with Gasteiger partial charge in [0.2, 0.25) is 5.91 Å². The van der Waals surface area contributed by atoms with Gasteiger partial charge in [-0.25, -0.2) is 9.97 Å². The van der Waals surface area contributed by atoms with Crippen LogP contribution < -0.4 is 25.4 Å². The molecule has 37 heavy (non-hydrogen) atoms. The number of ether oxygens (including phenoxy) is 3. The highest BCUT2D eigenvalue weighted by Crippen LogP contribution is 2.33. The molecular weight excluding hydrogens is 490 g/mol. The molecule has 0 spiro atoms. The van der Waals surface area contributed by atoms with Gasteiger partial charge in [0.1, 0.15) is 17.4 Å². The van der Waals surface area contributed by atoms with E-state index in [4.69, 9.17) is 19.9 Å². The molecule has 3 heterocycles. The molecule has 1 aromatic heterocycles. The lowest BCUT2D eigenvalue weighted by atomic mass is 10.0. The molecule has 194 valence electrons. The number of aryl methyl sites for hydroxylation is 1. The van der Waals surface area contributed by atoms with Crippen molar-refractivity contribution in [3.05, 3.63) is 59.7 Å². The number of anilines is 2. The molecule has 9 nitrogen and oxygen atoms in total. The Morgan fingerprint density at radius 1 is 1.14 bits per heavy atom. The third kappa shape index (κ3) is 6.08. The van der Waals surface area contributed by atoms with E-state index in [0.29, 0.717) is 54.2 Å². The molecule has 0 unspecified atom stereocenters. The van der Waals surface area contributed by atoms with Crippen LogP contribution in [0, 0.1) is 0 Å². The van der Waals surface area contributed by atoms with Gasteiger partial charge in [-0.2, -0.15) is 0 Å². The van der Waals surface area contributed by atoms with Gasteiger partial charge >= 0.3 is 0 Å². The number of nitrogens with zero attached hydrogens (tertiary/aromatic N) is 3. The second-order valence-corrected chi connectivity index (χ2v) is 9.90. The maximum atomic E-state index is 13.1. The van der Waals surface area contributed by atoms with Gasteiger partial charge in [0.15, 0.2) is 16.7 Å². The Hall–Kier alpha value is -3.50. The van der Waals surface area contributed by atoms with E-state index in [1.165, 1.54) is 11.8 Å². The highest BCUT2D eigenvalue weighted by atomic mass is 32.2. The Kier molecular flexibility index (Phi) is 7.66. The number of piperidine rings is 1. The zero-order valence-electron chi connectivity index (χ0n) is 21.0. The van der Waals surface area contributed by atoms with Crippen molar-refractivity contribution in [1.82, 2.24) is 15.3 Å². The van der Waals surface area contributed by atoms with Crippen LogP contribution in [0.2, 0.25) is 0 Å². The number of thioether (sulfide) groups is 1. The number of carbonyl (C=O) groups excluding carboxylic acids is 1. The van der Waals surface area contributed by atoms with E-state index in [1.807, 2.05) is 48.7 Å². The minimum absolute atomic E-state index is 0.0267. The van der Waals surface area contributed by atoms with Crippen LogP contribution in [0.25, 0.3) is 0 Å². The molecule has 1 fully saturated rings. The van der Waals surface area contributed by atoms with Crippen molar-refractivity contribution in [3.8, 4) is 17.2 Å². The Morgan fingerprint density at radius 2 is 2.03 bits per heavy atom.